The van der Waals surface area contributed by atoms with E-state index in [0.717, 1.165) is 27.4 Å². The molecule has 2 aliphatic heterocycles. The Kier molecular flexibility index (Phi) is 6.99. The Morgan fingerprint density at radius 2 is 1.83 bits per heavy atom. The van der Waals surface area contributed by atoms with Crippen molar-refractivity contribution in [3.05, 3.63) is 47.7 Å². The summed E-state index contributed by atoms with van der Waals surface area (Å²) in [6, 6.07) is 7.90. The summed E-state index contributed by atoms with van der Waals surface area (Å²) in [7, 11) is 0. The molecule has 0 aliphatic carbocycles. The Hall–Kier alpha value is -3.93. The van der Waals surface area contributed by atoms with Gasteiger partial charge < -0.3 is 29.2 Å². The van der Waals surface area contributed by atoms with Crippen LogP contribution in [0.3, 0.4) is 0 Å². The molecule has 4 aromatic rings. The fourth-order valence-corrected chi connectivity index (χ4v) is 6.46. The Morgan fingerprint density at radius 1 is 1.05 bits per heavy atom. The Balaban J connectivity index is 1.14. The van der Waals surface area contributed by atoms with E-state index in [9.17, 15) is 9.59 Å². The number of hydrogen-bond donors (Lipinski definition) is 1. The van der Waals surface area contributed by atoms with Gasteiger partial charge >= 0.3 is 6.09 Å². The van der Waals surface area contributed by atoms with Crippen LogP contribution in [-0.4, -0.2) is 80.6 Å². The third kappa shape index (κ3) is 5.35. The van der Waals surface area contributed by atoms with Crippen molar-refractivity contribution in [2.24, 2.45) is 5.92 Å². The maximum Gasteiger partial charge on any atom is 0.410 e. The molecule has 2 amide bonds. The number of ether oxygens (including phenoxy) is 1. The number of imidazole rings is 1. The van der Waals surface area contributed by atoms with E-state index >= 15 is 0 Å². The minimum atomic E-state index is -0.584. The number of anilines is 2. The van der Waals surface area contributed by atoms with E-state index in [2.05, 4.69) is 27.0 Å². The number of piperazine rings is 1. The van der Waals surface area contributed by atoms with E-state index in [-0.39, 0.29) is 24.0 Å². The highest BCUT2D eigenvalue weighted by Gasteiger charge is 2.39. The predicted octanol–water partition coefficient (Wildman–Crippen LogP) is 4.27. The molecule has 2 fully saturated rings. The molecule has 0 saturated carbocycles. The third-order valence-electron chi connectivity index (χ3n) is 7.85. The van der Waals surface area contributed by atoms with Gasteiger partial charge in [0.1, 0.15) is 11.2 Å². The van der Waals surface area contributed by atoms with Gasteiger partial charge in [0.2, 0.25) is 11.9 Å². The average Bonchev–Trinajstić information content (AvgIpc) is 3.54. The van der Waals surface area contributed by atoms with Gasteiger partial charge in [0.05, 0.1) is 33.6 Å². The lowest BCUT2D eigenvalue weighted by Crippen LogP contribution is -2.57. The van der Waals surface area contributed by atoms with Crippen LogP contribution in [-0.2, 0) is 15.1 Å². The Labute approximate surface area is 249 Å². The van der Waals surface area contributed by atoms with Crippen molar-refractivity contribution in [1.82, 2.24) is 29.6 Å². The number of nitrogens with zero attached hydrogens (tertiary/aromatic N) is 7. The summed E-state index contributed by atoms with van der Waals surface area (Å²) in [4.78, 5) is 46.4. The monoisotopic (exact) mass is 590 g/mol. The molecule has 11 nitrogen and oxygen atoms in total. The molecular weight excluding hydrogens is 552 g/mol. The van der Waals surface area contributed by atoms with Crippen LogP contribution < -0.4 is 15.1 Å². The molecule has 42 heavy (non-hydrogen) atoms. The number of aromatic nitrogens is 4. The molecule has 6 rings (SSSR count). The van der Waals surface area contributed by atoms with Crippen LogP contribution in [0.4, 0.5) is 16.6 Å². The van der Waals surface area contributed by atoms with Crippen LogP contribution in [0.1, 0.15) is 47.2 Å². The van der Waals surface area contributed by atoms with Crippen molar-refractivity contribution in [2.45, 2.75) is 58.7 Å². The second-order valence-electron chi connectivity index (χ2n) is 12.7. The first-order chi connectivity index (χ1) is 19.9. The van der Waals surface area contributed by atoms with E-state index in [1.807, 2.05) is 81.1 Å². The molecule has 0 radical (unpaired) electrons. The van der Waals surface area contributed by atoms with Gasteiger partial charge in [0.15, 0.2) is 5.82 Å². The summed E-state index contributed by atoms with van der Waals surface area (Å²) < 4.78 is 8.61. The average molecular weight is 591 g/mol. The number of rotatable bonds is 5. The van der Waals surface area contributed by atoms with E-state index in [0.29, 0.717) is 38.7 Å². The maximum atomic E-state index is 13.3. The largest absolute Gasteiger partial charge is 0.444 e. The van der Waals surface area contributed by atoms with Crippen molar-refractivity contribution in [3.63, 3.8) is 0 Å². The first-order valence-corrected chi connectivity index (χ1v) is 15.3. The molecule has 0 aromatic carbocycles. The van der Waals surface area contributed by atoms with Crippen LogP contribution in [0.25, 0.3) is 15.9 Å². The van der Waals surface area contributed by atoms with Crippen LogP contribution in [0.5, 0.6) is 0 Å². The van der Waals surface area contributed by atoms with E-state index in [4.69, 9.17) is 14.7 Å². The molecule has 6 heterocycles. The van der Waals surface area contributed by atoms with E-state index < -0.39 is 11.1 Å². The van der Waals surface area contributed by atoms with Gasteiger partial charge in [-0.25, -0.2) is 14.8 Å². The van der Waals surface area contributed by atoms with Gasteiger partial charge in [-0.15, -0.1) is 11.3 Å². The Bertz CT molecular complexity index is 1630. The van der Waals surface area contributed by atoms with Gasteiger partial charge in [-0.1, -0.05) is 6.07 Å². The number of hydrogen-bond acceptors (Lipinski definition) is 9. The van der Waals surface area contributed by atoms with Gasteiger partial charge in [-0.3, -0.25) is 4.79 Å². The number of carbonyl (C=O) groups is 2. The van der Waals surface area contributed by atoms with Crippen molar-refractivity contribution in [1.29, 1.82) is 0 Å². The van der Waals surface area contributed by atoms with Crippen LogP contribution in [0.15, 0.2) is 42.0 Å². The van der Waals surface area contributed by atoms with E-state index in [1.165, 1.54) is 0 Å². The molecule has 12 heteroatoms. The zero-order valence-electron chi connectivity index (χ0n) is 25.0. The summed E-state index contributed by atoms with van der Waals surface area (Å²) >= 11 is 1.61. The molecule has 4 aromatic heterocycles. The molecule has 2 aliphatic rings. The normalized spacial score (nSPS) is 18.4. The summed E-state index contributed by atoms with van der Waals surface area (Å²) in [5.41, 5.74) is 1.56. The zero-order chi connectivity index (χ0) is 29.8. The summed E-state index contributed by atoms with van der Waals surface area (Å²) in [5.74, 6) is 1.38. The minimum Gasteiger partial charge on any atom is -0.444 e. The van der Waals surface area contributed by atoms with Crippen LogP contribution in [0.2, 0.25) is 0 Å². The van der Waals surface area contributed by atoms with Gasteiger partial charge in [0.25, 0.3) is 0 Å². The number of thiophene rings is 1. The number of pyridine rings is 1. The SMILES string of the molecule is C[C@H]1CN(C(=O)OC(C)(C)C)CCN1c1nc(N2CC(C(=O)NC(C)(C)c3cnc4ccccn34)C2)c2sccc2n1. The highest BCUT2D eigenvalue weighted by atomic mass is 32.1. The van der Waals surface area contributed by atoms with Gasteiger partial charge in [-0.2, -0.15) is 4.98 Å². The number of amides is 2. The highest BCUT2D eigenvalue weighted by molar-refractivity contribution is 7.17. The second kappa shape index (κ2) is 10.4. The number of carbonyl (C=O) groups excluding carboxylic acids is 2. The third-order valence-corrected chi connectivity index (χ3v) is 8.75. The number of nitrogens with one attached hydrogen (secondary N) is 1. The highest BCUT2D eigenvalue weighted by Crippen LogP contribution is 2.35. The van der Waals surface area contributed by atoms with Gasteiger partial charge in [0, 0.05) is 45.0 Å². The molecule has 1 N–H and O–H groups in total. The van der Waals surface area contributed by atoms with E-state index in [1.54, 1.807) is 16.2 Å². The molecule has 1 atom stereocenters. The lowest BCUT2D eigenvalue weighted by molar-refractivity contribution is -0.127. The zero-order valence-corrected chi connectivity index (χ0v) is 25.8. The van der Waals surface area contributed by atoms with Crippen LogP contribution >= 0.6 is 11.3 Å². The molecule has 0 spiro atoms. The first kappa shape index (κ1) is 28.2. The van der Waals surface area contributed by atoms with Crippen molar-refractivity contribution in [3.8, 4) is 0 Å². The fraction of sp³-hybridized carbons (Fsp3) is 0.500. The molecule has 0 unspecified atom stereocenters. The fourth-order valence-electron chi connectivity index (χ4n) is 5.61. The second-order valence-corrected chi connectivity index (χ2v) is 13.7. The van der Waals surface area contributed by atoms with Crippen molar-refractivity contribution >= 4 is 51.0 Å². The molecular formula is C30H38N8O3S. The summed E-state index contributed by atoms with van der Waals surface area (Å²) in [6.07, 6.45) is 3.50. The van der Waals surface area contributed by atoms with Crippen LogP contribution in [0, 0.1) is 5.92 Å². The number of fused-ring (bicyclic) bond motifs is 2. The lowest BCUT2D eigenvalue weighted by atomic mass is 9.95. The lowest BCUT2D eigenvalue weighted by Gasteiger charge is -2.42. The minimum absolute atomic E-state index is 0.0192. The maximum absolute atomic E-state index is 13.3. The molecule has 0 bridgehead atoms. The molecule has 2 saturated heterocycles. The quantitative estimate of drug-likeness (QED) is 0.367. The van der Waals surface area contributed by atoms with Crippen molar-refractivity contribution < 1.29 is 14.3 Å². The smallest absolute Gasteiger partial charge is 0.410 e. The Morgan fingerprint density at radius 3 is 2.57 bits per heavy atom. The van der Waals surface area contributed by atoms with Gasteiger partial charge in [-0.05, 0) is 65.1 Å². The standard InChI is InChI=1S/C30H38N8O3S/c1-19-16-35(28(40)41-29(2,3)4)12-13-37(19)27-32-21-10-14-42-24(21)25(33-27)36-17-20(18-36)26(39)34-30(5,6)22-15-31-23-9-7-8-11-38(22)23/h7-11,14-15,19-20H,12-13,16-18H2,1-6H3,(H,34,39)/t19-/m0/s1. The summed E-state index contributed by atoms with van der Waals surface area (Å²) in [6.45, 7) is 14.6. The molecule has 222 valence electrons. The first-order valence-electron chi connectivity index (χ1n) is 14.4. The topological polar surface area (TPSA) is 108 Å². The predicted molar refractivity (Wildman–Crippen MR) is 164 cm³/mol. The van der Waals surface area contributed by atoms with Crippen molar-refractivity contribution in [2.75, 3.05) is 42.5 Å². The summed E-state index contributed by atoms with van der Waals surface area (Å²) in [5, 5.41) is 5.27.